The number of benzene rings is 1. The van der Waals surface area contributed by atoms with E-state index in [1.807, 2.05) is 24.3 Å². The summed E-state index contributed by atoms with van der Waals surface area (Å²) in [7, 11) is 0. The lowest BCUT2D eigenvalue weighted by molar-refractivity contribution is -0.144. The van der Waals surface area contributed by atoms with Crippen LogP contribution < -0.4 is 4.74 Å². The van der Waals surface area contributed by atoms with Gasteiger partial charge in [-0.05, 0) is 31.2 Å². The zero-order chi connectivity index (χ0) is 13.4. The molecule has 0 saturated carbocycles. The zero-order valence-electron chi connectivity index (χ0n) is 10.4. The molecule has 1 aromatic rings. The number of rotatable bonds is 7. The first-order valence-electron chi connectivity index (χ1n) is 5.82. The summed E-state index contributed by atoms with van der Waals surface area (Å²) in [6.45, 7) is 6.32. The Hall–Kier alpha value is -1.29. The SMILES string of the molecule is C=CC(COc1ccc(Br)cc1)CC(=O)OCC. The maximum atomic E-state index is 11.3. The summed E-state index contributed by atoms with van der Waals surface area (Å²) in [5.74, 6) is 0.517. The maximum Gasteiger partial charge on any atom is 0.306 e. The van der Waals surface area contributed by atoms with Crippen molar-refractivity contribution in [3.05, 3.63) is 41.4 Å². The molecule has 0 aliphatic carbocycles. The minimum absolute atomic E-state index is 0.0345. The van der Waals surface area contributed by atoms with Gasteiger partial charge < -0.3 is 9.47 Å². The summed E-state index contributed by atoms with van der Waals surface area (Å²) in [5, 5.41) is 0. The van der Waals surface area contributed by atoms with Crippen LogP contribution in [0.2, 0.25) is 0 Å². The van der Waals surface area contributed by atoms with Gasteiger partial charge in [0.05, 0.1) is 19.6 Å². The van der Waals surface area contributed by atoms with E-state index in [2.05, 4.69) is 22.5 Å². The number of hydrogen-bond acceptors (Lipinski definition) is 3. The van der Waals surface area contributed by atoms with Crippen molar-refractivity contribution in [2.75, 3.05) is 13.2 Å². The highest BCUT2D eigenvalue weighted by Crippen LogP contribution is 2.17. The molecule has 1 unspecified atom stereocenters. The predicted octanol–water partition coefficient (Wildman–Crippen LogP) is 3.58. The van der Waals surface area contributed by atoms with E-state index in [4.69, 9.17) is 9.47 Å². The van der Waals surface area contributed by atoms with Crippen molar-refractivity contribution in [2.24, 2.45) is 5.92 Å². The van der Waals surface area contributed by atoms with Crippen LogP contribution in [0, 0.1) is 5.92 Å². The van der Waals surface area contributed by atoms with Gasteiger partial charge in [-0.25, -0.2) is 0 Å². The summed E-state index contributed by atoms with van der Waals surface area (Å²) >= 11 is 3.36. The molecule has 4 heteroatoms. The molecular formula is C14H17BrO3. The Kier molecular flexibility index (Phi) is 6.50. The fraction of sp³-hybridized carbons (Fsp3) is 0.357. The zero-order valence-corrected chi connectivity index (χ0v) is 12.0. The smallest absolute Gasteiger partial charge is 0.306 e. The average Bonchev–Trinajstić information content (AvgIpc) is 2.36. The highest BCUT2D eigenvalue weighted by molar-refractivity contribution is 9.10. The highest BCUT2D eigenvalue weighted by atomic mass is 79.9. The van der Waals surface area contributed by atoms with Crippen LogP contribution in [0.5, 0.6) is 5.75 Å². The van der Waals surface area contributed by atoms with E-state index in [9.17, 15) is 4.79 Å². The Bertz CT molecular complexity index is 387. The van der Waals surface area contributed by atoms with Crippen LogP contribution in [-0.2, 0) is 9.53 Å². The van der Waals surface area contributed by atoms with Crippen molar-refractivity contribution >= 4 is 21.9 Å². The van der Waals surface area contributed by atoms with Crippen LogP contribution in [-0.4, -0.2) is 19.2 Å². The van der Waals surface area contributed by atoms with Crippen molar-refractivity contribution in [3.8, 4) is 5.75 Å². The fourth-order valence-electron chi connectivity index (χ4n) is 1.38. The molecule has 1 rings (SSSR count). The monoisotopic (exact) mass is 312 g/mol. The quantitative estimate of drug-likeness (QED) is 0.570. The van der Waals surface area contributed by atoms with Crippen LogP contribution in [0.3, 0.4) is 0 Å². The van der Waals surface area contributed by atoms with Gasteiger partial charge in [0, 0.05) is 10.4 Å². The first kappa shape index (κ1) is 14.8. The molecule has 18 heavy (non-hydrogen) atoms. The summed E-state index contributed by atoms with van der Waals surface area (Å²) in [6.07, 6.45) is 2.02. The van der Waals surface area contributed by atoms with Crippen molar-refractivity contribution in [1.29, 1.82) is 0 Å². The molecule has 3 nitrogen and oxygen atoms in total. The van der Waals surface area contributed by atoms with Gasteiger partial charge in [-0.1, -0.05) is 22.0 Å². The summed E-state index contributed by atoms with van der Waals surface area (Å²) in [6, 6.07) is 7.55. The number of carbonyl (C=O) groups is 1. The third-order valence-electron chi connectivity index (χ3n) is 2.35. The Morgan fingerprint density at radius 3 is 2.67 bits per heavy atom. The second-order valence-electron chi connectivity index (χ2n) is 3.77. The third-order valence-corrected chi connectivity index (χ3v) is 2.87. The van der Waals surface area contributed by atoms with Crippen molar-refractivity contribution in [3.63, 3.8) is 0 Å². The first-order valence-corrected chi connectivity index (χ1v) is 6.61. The summed E-state index contributed by atoms with van der Waals surface area (Å²) in [4.78, 5) is 11.3. The van der Waals surface area contributed by atoms with Gasteiger partial charge in [0.1, 0.15) is 5.75 Å². The normalized spacial score (nSPS) is 11.7. The van der Waals surface area contributed by atoms with Crippen molar-refractivity contribution in [2.45, 2.75) is 13.3 Å². The number of ether oxygens (including phenoxy) is 2. The first-order chi connectivity index (χ1) is 8.65. The number of hydrogen-bond donors (Lipinski definition) is 0. The van der Waals surface area contributed by atoms with E-state index in [1.54, 1.807) is 13.0 Å². The molecule has 0 bridgehead atoms. The van der Waals surface area contributed by atoms with E-state index in [0.29, 0.717) is 19.6 Å². The van der Waals surface area contributed by atoms with Gasteiger partial charge in [0.25, 0.3) is 0 Å². The molecule has 0 aliphatic heterocycles. The fourth-order valence-corrected chi connectivity index (χ4v) is 1.64. The Labute approximate surface area is 116 Å². The molecule has 0 amide bonds. The molecule has 1 atom stereocenters. The highest BCUT2D eigenvalue weighted by Gasteiger charge is 2.12. The van der Waals surface area contributed by atoms with Crippen LogP contribution in [0.1, 0.15) is 13.3 Å². The molecule has 0 saturated heterocycles. The summed E-state index contributed by atoms with van der Waals surface area (Å²) < 4.78 is 11.5. The molecule has 0 aromatic heterocycles. The molecule has 0 fully saturated rings. The molecular weight excluding hydrogens is 296 g/mol. The molecule has 0 aliphatic rings. The lowest BCUT2D eigenvalue weighted by atomic mass is 10.1. The summed E-state index contributed by atoms with van der Waals surface area (Å²) in [5.41, 5.74) is 0. The van der Waals surface area contributed by atoms with E-state index in [1.165, 1.54) is 0 Å². The maximum absolute atomic E-state index is 11.3. The Morgan fingerprint density at radius 1 is 1.44 bits per heavy atom. The molecule has 0 spiro atoms. The Morgan fingerprint density at radius 2 is 2.11 bits per heavy atom. The predicted molar refractivity (Wildman–Crippen MR) is 74.6 cm³/mol. The van der Waals surface area contributed by atoms with E-state index in [-0.39, 0.29) is 11.9 Å². The van der Waals surface area contributed by atoms with Crippen molar-refractivity contribution < 1.29 is 14.3 Å². The molecule has 1 aromatic carbocycles. The van der Waals surface area contributed by atoms with Gasteiger partial charge >= 0.3 is 5.97 Å². The number of halogens is 1. The van der Waals surface area contributed by atoms with Gasteiger partial charge in [-0.3, -0.25) is 4.79 Å². The van der Waals surface area contributed by atoms with Gasteiger partial charge in [0.15, 0.2) is 0 Å². The van der Waals surface area contributed by atoms with E-state index < -0.39 is 0 Å². The van der Waals surface area contributed by atoms with Gasteiger partial charge in [0.2, 0.25) is 0 Å². The minimum Gasteiger partial charge on any atom is -0.493 e. The standard InChI is InChI=1S/C14H17BrO3/c1-3-11(9-14(16)17-4-2)10-18-13-7-5-12(15)6-8-13/h3,5-8,11H,1,4,9-10H2,2H3. The topological polar surface area (TPSA) is 35.5 Å². The lowest BCUT2D eigenvalue weighted by Gasteiger charge is -2.13. The van der Waals surface area contributed by atoms with Crippen molar-refractivity contribution in [1.82, 2.24) is 0 Å². The second kappa shape index (κ2) is 7.93. The Balaban J connectivity index is 2.41. The number of carbonyl (C=O) groups excluding carboxylic acids is 1. The molecule has 0 radical (unpaired) electrons. The molecule has 98 valence electrons. The van der Waals surface area contributed by atoms with Crippen LogP contribution in [0.15, 0.2) is 41.4 Å². The van der Waals surface area contributed by atoms with Gasteiger partial charge in [-0.15, -0.1) is 6.58 Å². The van der Waals surface area contributed by atoms with E-state index >= 15 is 0 Å². The molecule has 0 heterocycles. The lowest BCUT2D eigenvalue weighted by Crippen LogP contribution is -2.16. The van der Waals surface area contributed by atoms with Crippen LogP contribution in [0.25, 0.3) is 0 Å². The third kappa shape index (κ3) is 5.36. The van der Waals surface area contributed by atoms with Crippen LogP contribution >= 0.6 is 15.9 Å². The average molecular weight is 313 g/mol. The molecule has 0 N–H and O–H groups in total. The minimum atomic E-state index is -0.221. The number of esters is 1. The van der Waals surface area contributed by atoms with Gasteiger partial charge in [-0.2, -0.15) is 0 Å². The largest absolute Gasteiger partial charge is 0.493 e. The van der Waals surface area contributed by atoms with Crippen LogP contribution in [0.4, 0.5) is 0 Å². The van der Waals surface area contributed by atoms with E-state index in [0.717, 1.165) is 10.2 Å². The second-order valence-corrected chi connectivity index (χ2v) is 4.69.